The molecule has 0 saturated carbocycles. The molecule has 3 N–H and O–H groups in total. The summed E-state index contributed by atoms with van der Waals surface area (Å²) in [5.74, 6) is -2.62. The first kappa shape index (κ1) is 38.8. The number of hydrogen-bond acceptors (Lipinski definition) is 8. The molecule has 3 aromatic carbocycles. The van der Waals surface area contributed by atoms with Crippen molar-refractivity contribution in [2.75, 3.05) is 32.1 Å². The number of alkyl halides is 3. The van der Waals surface area contributed by atoms with Crippen molar-refractivity contribution in [3.63, 3.8) is 0 Å². The van der Waals surface area contributed by atoms with Gasteiger partial charge in [-0.05, 0) is 79.2 Å². The predicted molar refractivity (Wildman–Crippen MR) is 191 cm³/mol. The van der Waals surface area contributed by atoms with Crippen LogP contribution in [0.5, 0.6) is 17.4 Å². The molecule has 0 spiro atoms. The number of carboxylic acids is 2. The average Bonchev–Trinajstić information content (AvgIpc) is 3.47. The third-order valence-corrected chi connectivity index (χ3v) is 8.64. The number of ether oxygens (including phenoxy) is 2. The Labute approximate surface area is 307 Å². The van der Waals surface area contributed by atoms with Gasteiger partial charge in [0.15, 0.2) is 0 Å². The fourth-order valence-corrected chi connectivity index (χ4v) is 5.86. The molecule has 5 aromatic rings. The minimum Gasteiger partial charge on any atom is -0.497 e. The summed E-state index contributed by atoms with van der Waals surface area (Å²) in [6.45, 7) is 5.05. The van der Waals surface area contributed by atoms with E-state index in [0.29, 0.717) is 23.7 Å². The van der Waals surface area contributed by atoms with Crippen molar-refractivity contribution in [2.45, 2.75) is 25.7 Å². The molecule has 0 unspecified atom stereocenters. The minimum atomic E-state index is -4.48. The van der Waals surface area contributed by atoms with Crippen molar-refractivity contribution < 1.29 is 52.0 Å². The number of aryl methyl sites for hydroxylation is 1. The summed E-state index contributed by atoms with van der Waals surface area (Å²) in [7, 11) is 3.53. The second-order valence-corrected chi connectivity index (χ2v) is 12.4. The zero-order valence-corrected chi connectivity index (χ0v) is 29.3. The summed E-state index contributed by atoms with van der Waals surface area (Å²) in [5.41, 5.74) is 2.27. The lowest BCUT2D eigenvalue weighted by atomic mass is 10.1. The number of carbonyl (C=O) groups is 4. The normalized spacial score (nSPS) is 14.5. The number of benzene rings is 3. The van der Waals surface area contributed by atoms with Gasteiger partial charge in [0.2, 0.25) is 5.88 Å². The SMILES string of the molecule is COc1ccc(CN2CCN(C(=O)c3cc4cc(Oc5ccc(NC(=O)c6ccc(C(F)(F)F)cc6)cn5)ccc4n3C)[C@@H](C)C2)cc1.O=C(O)C(=O)O. The first-order chi connectivity index (χ1) is 25.6. The molecule has 0 bridgehead atoms. The maximum absolute atomic E-state index is 13.7. The largest absolute Gasteiger partial charge is 0.497 e. The van der Waals surface area contributed by atoms with Gasteiger partial charge in [-0.3, -0.25) is 14.5 Å². The second kappa shape index (κ2) is 16.5. The lowest BCUT2D eigenvalue weighted by Gasteiger charge is -2.40. The lowest BCUT2D eigenvalue weighted by Crippen LogP contribution is -2.53. The third kappa shape index (κ3) is 9.51. The number of pyridine rings is 1. The number of carbonyl (C=O) groups excluding carboxylic acids is 2. The smallest absolute Gasteiger partial charge is 0.416 e. The fraction of sp³-hybridized carbons (Fsp3) is 0.237. The summed E-state index contributed by atoms with van der Waals surface area (Å²) in [5, 5.41) is 18.2. The van der Waals surface area contributed by atoms with Gasteiger partial charge >= 0.3 is 18.1 Å². The second-order valence-electron chi connectivity index (χ2n) is 12.4. The van der Waals surface area contributed by atoms with E-state index in [1.807, 2.05) is 46.8 Å². The number of fused-ring (bicyclic) bond motifs is 1. The number of aromatic nitrogens is 2. The van der Waals surface area contributed by atoms with Crippen LogP contribution in [0.2, 0.25) is 0 Å². The molecule has 16 heteroatoms. The van der Waals surface area contributed by atoms with Gasteiger partial charge in [-0.2, -0.15) is 13.2 Å². The number of methoxy groups -OCH3 is 1. The number of carboxylic acid groups (broad SMARTS) is 2. The minimum absolute atomic E-state index is 0.0247. The highest BCUT2D eigenvalue weighted by Crippen LogP contribution is 2.30. The van der Waals surface area contributed by atoms with Crippen LogP contribution >= 0.6 is 0 Å². The van der Waals surface area contributed by atoms with Crippen LogP contribution in [0, 0.1) is 0 Å². The van der Waals surface area contributed by atoms with E-state index < -0.39 is 29.6 Å². The Balaban J connectivity index is 0.000000864. The van der Waals surface area contributed by atoms with Crippen molar-refractivity contribution in [2.24, 2.45) is 7.05 Å². The van der Waals surface area contributed by atoms with E-state index in [0.717, 1.165) is 60.6 Å². The monoisotopic (exact) mass is 747 g/mol. The molecule has 6 rings (SSSR count). The van der Waals surface area contributed by atoms with E-state index in [1.54, 1.807) is 25.3 Å². The first-order valence-corrected chi connectivity index (χ1v) is 16.5. The van der Waals surface area contributed by atoms with Gasteiger partial charge in [0.05, 0.1) is 24.6 Å². The van der Waals surface area contributed by atoms with Crippen molar-refractivity contribution in [1.29, 1.82) is 0 Å². The Kier molecular flexibility index (Phi) is 11.9. The Morgan fingerprint density at radius 1 is 0.889 bits per heavy atom. The highest BCUT2D eigenvalue weighted by molar-refractivity contribution is 6.27. The number of aliphatic carboxylic acids is 2. The fourth-order valence-electron chi connectivity index (χ4n) is 5.86. The summed E-state index contributed by atoms with van der Waals surface area (Å²) >= 11 is 0. The van der Waals surface area contributed by atoms with Gasteiger partial charge in [-0.25, -0.2) is 14.6 Å². The average molecular weight is 748 g/mol. The summed E-state index contributed by atoms with van der Waals surface area (Å²) in [6.07, 6.45) is -3.08. The molecule has 3 heterocycles. The van der Waals surface area contributed by atoms with Crippen molar-refractivity contribution in [3.05, 3.63) is 114 Å². The number of nitrogens with zero attached hydrogens (tertiary/aromatic N) is 4. The van der Waals surface area contributed by atoms with Crippen molar-refractivity contribution >= 4 is 40.3 Å². The van der Waals surface area contributed by atoms with Crippen LogP contribution in [-0.2, 0) is 29.4 Å². The number of hydrogen-bond donors (Lipinski definition) is 3. The maximum Gasteiger partial charge on any atom is 0.416 e. The van der Waals surface area contributed by atoms with Crippen molar-refractivity contribution in [1.82, 2.24) is 19.4 Å². The van der Waals surface area contributed by atoms with Crippen LogP contribution < -0.4 is 14.8 Å². The Morgan fingerprint density at radius 3 is 2.13 bits per heavy atom. The van der Waals surface area contributed by atoms with E-state index in [2.05, 4.69) is 34.3 Å². The molecule has 1 aliphatic rings. The zero-order chi connectivity index (χ0) is 39.2. The number of anilines is 1. The first-order valence-electron chi connectivity index (χ1n) is 16.5. The van der Waals surface area contributed by atoms with E-state index >= 15 is 0 Å². The number of piperazine rings is 1. The molecular formula is C38H36F3N5O8. The van der Waals surface area contributed by atoms with Gasteiger partial charge < -0.3 is 34.5 Å². The molecule has 1 atom stereocenters. The van der Waals surface area contributed by atoms with Gasteiger partial charge in [-0.1, -0.05) is 12.1 Å². The number of rotatable bonds is 8. The Bertz CT molecular complexity index is 2120. The van der Waals surface area contributed by atoms with Gasteiger partial charge in [-0.15, -0.1) is 0 Å². The molecule has 0 radical (unpaired) electrons. The van der Waals surface area contributed by atoms with Gasteiger partial charge in [0, 0.05) is 61.8 Å². The Morgan fingerprint density at radius 2 is 1.56 bits per heavy atom. The number of amides is 2. The van der Waals surface area contributed by atoms with E-state index in [1.165, 1.54) is 11.8 Å². The van der Waals surface area contributed by atoms with E-state index in [9.17, 15) is 22.8 Å². The summed E-state index contributed by atoms with van der Waals surface area (Å²) in [4.78, 5) is 52.9. The molecule has 54 heavy (non-hydrogen) atoms. The van der Waals surface area contributed by atoms with Crippen LogP contribution in [0.3, 0.4) is 0 Å². The third-order valence-electron chi connectivity index (χ3n) is 8.64. The molecule has 2 amide bonds. The molecule has 13 nitrogen and oxygen atoms in total. The Hall–Kier alpha value is -6.42. The highest BCUT2D eigenvalue weighted by Gasteiger charge is 2.31. The lowest BCUT2D eigenvalue weighted by molar-refractivity contribution is -0.159. The van der Waals surface area contributed by atoms with E-state index in [4.69, 9.17) is 29.3 Å². The topological polar surface area (TPSA) is 164 Å². The number of nitrogens with one attached hydrogen (secondary N) is 1. The standard InChI is InChI=1S/C36H34F3N5O4.C2H2O4/c1-23-21-43(22-24-4-11-29(47-3)12-5-24)16-17-44(23)35(46)32-19-26-18-30(13-14-31(26)42(32)2)48-33-15-10-28(20-40-33)41-34(45)25-6-8-27(9-7-25)36(37,38)39;3-1(4)2(5)6/h4-15,18-20,23H,16-17,21-22H2,1-3H3,(H,41,45);(H,3,4)(H,5,6)/t23-;/m0./s1. The predicted octanol–water partition coefficient (Wildman–Crippen LogP) is 6.15. The quantitative estimate of drug-likeness (QED) is 0.157. The van der Waals surface area contributed by atoms with Crippen LogP contribution in [0.15, 0.2) is 91.1 Å². The van der Waals surface area contributed by atoms with Crippen molar-refractivity contribution in [3.8, 4) is 17.4 Å². The van der Waals surface area contributed by atoms with Gasteiger partial charge in [0.1, 0.15) is 17.2 Å². The molecular weight excluding hydrogens is 711 g/mol. The van der Waals surface area contributed by atoms with E-state index in [-0.39, 0.29) is 23.4 Å². The zero-order valence-electron chi connectivity index (χ0n) is 29.3. The van der Waals surface area contributed by atoms with Crippen LogP contribution in [0.25, 0.3) is 10.9 Å². The molecule has 0 aliphatic carbocycles. The molecule has 1 fully saturated rings. The highest BCUT2D eigenvalue weighted by atomic mass is 19.4. The van der Waals surface area contributed by atoms with Crippen LogP contribution in [-0.4, -0.2) is 86.1 Å². The molecule has 2 aromatic heterocycles. The maximum atomic E-state index is 13.7. The number of halogens is 3. The summed E-state index contributed by atoms with van der Waals surface area (Å²) in [6, 6.07) is 22.6. The molecule has 1 aliphatic heterocycles. The van der Waals surface area contributed by atoms with Crippen LogP contribution in [0.4, 0.5) is 18.9 Å². The molecule has 282 valence electrons. The molecule has 1 saturated heterocycles. The summed E-state index contributed by atoms with van der Waals surface area (Å²) < 4.78 is 51.5. The van der Waals surface area contributed by atoms with Gasteiger partial charge in [0.25, 0.3) is 11.8 Å². The van der Waals surface area contributed by atoms with Crippen LogP contribution in [0.1, 0.15) is 38.9 Å².